The lowest BCUT2D eigenvalue weighted by Crippen LogP contribution is -2.40. The smallest absolute Gasteiger partial charge is 0.294 e. The summed E-state index contributed by atoms with van der Waals surface area (Å²) in [6.07, 6.45) is 1.82. The minimum absolute atomic E-state index is 0.0650. The zero-order chi connectivity index (χ0) is 26.7. The van der Waals surface area contributed by atoms with Crippen molar-refractivity contribution in [1.82, 2.24) is 14.9 Å². The van der Waals surface area contributed by atoms with Crippen LogP contribution in [0.3, 0.4) is 0 Å². The van der Waals surface area contributed by atoms with Gasteiger partial charge in [0.1, 0.15) is 12.7 Å². The predicted octanol–water partition coefficient (Wildman–Crippen LogP) is 3.36. The van der Waals surface area contributed by atoms with Crippen LogP contribution in [0.5, 0.6) is 0 Å². The molecular weight excluding hydrogens is 483 g/mol. The maximum absolute atomic E-state index is 13.1. The van der Waals surface area contributed by atoms with E-state index < -0.39 is 29.9 Å². The van der Waals surface area contributed by atoms with Gasteiger partial charge >= 0.3 is 0 Å². The molecule has 0 saturated carbocycles. The number of hydrogen-bond donors (Lipinski definition) is 4. The largest absolute Gasteiger partial charge is 0.360 e. The number of anilines is 1. The van der Waals surface area contributed by atoms with E-state index in [0.29, 0.717) is 17.9 Å². The Balaban J connectivity index is 2.08. The van der Waals surface area contributed by atoms with E-state index in [4.69, 9.17) is 10.8 Å². The van der Waals surface area contributed by atoms with Gasteiger partial charge in [0.25, 0.3) is 5.56 Å². The first-order valence-corrected chi connectivity index (χ1v) is 12.8. The number of nitrogens with one attached hydrogen (secondary N) is 4. The molecule has 2 aromatic rings. The average Bonchev–Trinajstić information content (AvgIpc) is 2.87. The van der Waals surface area contributed by atoms with Crippen molar-refractivity contribution in [2.45, 2.75) is 44.9 Å². The topological polar surface area (TPSA) is 141 Å². The van der Waals surface area contributed by atoms with Crippen LogP contribution >= 0.6 is 11.8 Å². The Morgan fingerprint density at radius 2 is 1.83 bits per heavy atom. The Morgan fingerprint density at radius 3 is 2.44 bits per heavy atom. The van der Waals surface area contributed by atoms with E-state index in [1.54, 1.807) is 6.92 Å². The molecule has 2 rings (SSSR count). The predicted molar refractivity (Wildman–Crippen MR) is 142 cm³/mol. The molecule has 1 amide bonds. The van der Waals surface area contributed by atoms with Gasteiger partial charge in [0, 0.05) is 11.9 Å². The maximum Gasteiger partial charge on any atom is 0.294 e. The lowest BCUT2D eigenvalue weighted by molar-refractivity contribution is -0.127. The fourth-order valence-corrected chi connectivity index (χ4v) is 4.09. The fraction of sp³-hybridized carbons (Fsp3) is 0.440. The number of carbonyl (C=O) groups is 2. The summed E-state index contributed by atoms with van der Waals surface area (Å²) in [5, 5.41) is 20.5. The fourth-order valence-electron chi connectivity index (χ4n) is 3.23. The zero-order valence-electron chi connectivity index (χ0n) is 20.8. The van der Waals surface area contributed by atoms with Gasteiger partial charge in [-0.1, -0.05) is 51.1 Å². The Labute approximate surface area is 214 Å². The number of halogens is 1. The van der Waals surface area contributed by atoms with Crippen molar-refractivity contribution in [3.63, 3.8) is 0 Å². The number of Topliss-reactive ketones (excluding diaryl/α,β-unsaturated/α-hetero) is 1. The van der Waals surface area contributed by atoms with Crippen LogP contribution < -0.4 is 16.2 Å². The summed E-state index contributed by atoms with van der Waals surface area (Å²) in [6.45, 7) is 4.07. The minimum atomic E-state index is -1.08. The van der Waals surface area contributed by atoms with Crippen molar-refractivity contribution < 1.29 is 14.0 Å². The monoisotopic (exact) mass is 516 g/mol. The summed E-state index contributed by atoms with van der Waals surface area (Å²) in [4.78, 5) is 42.6. The summed E-state index contributed by atoms with van der Waals surface area (Å²) in [7, 11) is 0. The first-order chi connectivity index (χ1) is 17.2. The Hall–Kier alpha value is -3.34. The van der Waals surface area contributed by atoms with Crippen molar-refractivity contribution in [3.8, 4) is 0 Å². The number of thioether (sulfide) groups is 1. The molecule has 0 aliphatic rings. The van der Waals surface area contributed by atoms with Gasteiger partial charge < -0.3 is 21.5 Å². The van der Waals surface area contributed by atoms with Crippen LogP contribution in [0.2, 0.25) is 0 Å². The number of benzene rings is 1. The van der Waals surface area contributed by atoms with Gasteiger partial charge in [-0.15, -0.1) is 11.8 Å². The molecule has 1 aromatic carbocycles. The third kappa shape index (κ3) is 8.40. The molecule has 4 N–H and O–H groups in total. The van der Waals surface area contributed by atoms with E-state index in [1.165, 1.54) is 22.5 Å². The van der Waals surface area contributed by atoms with Gasteiger partial charge in [0.2, 0.25) is 5.91 Å². The summed E-state index contributed by atoms with van der Waals surface area (Å²) >= 11 is 1.47. The van der Waals surface area contributed by atoms with E-state index in [2.05, 4.69) is 15.6 Å². The summed E-state index contributed by atoms with van der Waals surface area (Å²) in [5.74, 6) is 0.217. The van der Waals surface area contributed by atoms with Gasteiger partial charge in [-0.3, -0.25) is 19.0 Å². The standard InChI is InChI=1S/C25H33FN6O3S/c1-4-22(24(34)30-11-18(33)15-36-14-17-8-6-5-7-9-17)32-13-21(16(2)3)31-23(25(32)35)29-12-20(28)19(27)10-26/h5-9,13,16,22,27-28H,4,10-12,14-15H2,1-3H3,(H,29,31)(H,30,34). The van der Waals surface area contributed by atoms with Crippen LogP contribution in [0.1, 0.15) is 50.4 Å². The number of nitrogens with zero attached hydrogens (tertiary/aromatic N) is 2. The Bertz CT molecular complexity index is 1140. The van der Waals surface area contributed by atoms with Crippen LogP contribution in [0, 0.1) is 10.8 Å². The molecule has 1 aromatic heterocycles. The van der Waals surface area contributed by atoms with Crippen LogP contribution in [-0.4, -0.2) is 58.2 Å². The average molecular weight is 517 g/mol. The SMILES string of the molecule is CCC(C(=O)NCC(=O)CSCc1ccccc1)n1cc(C(C)C)nc(NCC(=N)C(=N)CF)c1=O. The van der Waals surface area contributed by atoms with Crippen molar-refractivity contribution in [3.05, 3.63) is 58.1 Å². The molecular formula is C25H33FN6O3S. The Kier molecular flexibility index (Phi) is 11.5. The molecule has 1 atom stereocenters. The number of carbonyl (C=O) groups excluding carboxylic acids is 2. The highest BCUT2D eigenvalue weighted by Crippen LogP contribution is 2.17. The first-order valence-electron chi connectivity index (χ1n) is 11.7. The van der Waals surface area contributed by atoms with E-state index in [0.717, 1.165) is 5.56 Å². The first kappa shape index (κ1) is 28.9. The molecule has 0 saturated heterocycles. The molecule has 1 heterocycles. The van der Waals surface area contributed by atoms with Crippen LogP contribution in [0.4, 0.5) is 10.2 Å². The molecule has 0 fully saturated rings. The molecule has 11 heteroatoms. The van der Waals surface area contributed by atoms with Crippen LogP contribution in [0.15, 0.2) is 41.3 Å². The van der Waals surface area contributed by atoms with Crippen LogP contribution in [0.25, 0.3) is 0 Å². The second-order valence-electron chi connectivity index (χ2n) is 8.48. The van der Waals surface area contributed by atoms with Gasteiger partial charge in [0.15, 0.2) is 11.6 Å². The maximum atomic E-state index is 13.1. The third-order valence-corrected chi connectivity index (χ3v) is 6.39. The number of alkyl halides is 1. The summed E-state index contributed by atoms with van der Waals surface area (Å²) < 4.78 is 13.9. The number of rotatable bonds is 15. The zero-order valence-corrected chi connectivity index (χ0v) is 21.6. The van der Waals surface area contributed by atoms with Gasteiger partial charge in [-0.05, 0) is 17.9 Å². The Morgan fingerprint density at radius 1 is 1.14 bits per heavy atom. The molecule has 0 aliphatic heterocycles. The van der Waals surface area contributed by atoms with E-state index in [9.17, 15) is 18.8 Å². The number of hydrogen-bond acceptors (Lipinski definition) is 8. The van der Waals surface area contributed by atoms with Crippen LogP contribution in [-0.2, 0) is 15.3 Å². The summed E-state index contributed by atoms with van der Waals surface area (Å²) in [5.41, 5.74) is 0.299. The number of aromatic nitrogens is 2. The lowest BCUT2D eigenvalue weighted by atomic mass is 10.1. The lowest BCUT2D eigenvalue weighted by Gasteiger charge is -2.20. The minimum Gasteiger partial charge on any atom is -0.360 e. The normalized spacial score (nSPS) is 11.7. The van der Waals surface area contributed by atoms with Crippen molar-refractivity contribution in [2.75, 3.05) is 30.8 Å². The highest BCUT2D eigenvalue weighted by atomic mass is 32.2. The number of ketones is 1. The van der Waals surface area contributed by atoms with Crippen molar-refractivity contribution in [2.24, 2.45) is 0 Å². The van der Waals surface area contributed by atoms with Gasteiger partial charge in [-0.25, -0.2) is 9.37 Å². The van der Waals surface area contributed by atoms with E-state index in [1.807, 2.05) is 44.2 Å². The van der Waals surface area contributed by atoms with Gasteiger partial charge in [0.05, 0.1) is 36.0 Å². The quantitative estimate of drug-likeness (QED) is 0.268. The van der Waals surface area contributed by atoms with Gasteiger partial charge in [-0.2, -0.15) is 0 Å². The summed E-state index contributed by atoms with van der Waals surface area (Å²) in [6, 6.07) is 8.91. The van der Waals surface area contributed by atoms with Crippen molar-refractivity contribution >= 4 is 40.7 Å². The van der Waals surface area contributed by atoms with E-state index >= 15 is 0 Å². The molecule has 0 spiro atoms. The third-order valence-electron chi connectivity index (χ3n) is 5.33. The number of amides is 1. The molecule has 36 heavy (non-hydrogen) atoms. The second kappa shape index (κ2) is 14.3. The second-order valence-corrected chi connectivity index (χ2v) is 9.47. The highest BCUT2D eigenvalue weighted by molar-refractivity contribution is 7.99. The van der Waals surface area contributed by atoms with Crippen molar-refractivity contribution in [1.29, 1.82) is 10.8 Å². The molecule has 194 valence electrons. The highest BCUT2D eigenvalue weighted by Gasteiger charge is 2.23. The molecule has 1 unspecified atom stereocenters. The molecule has 0 bridgehead atoms. The molecule has 0 radical (unpaired) electrons. The van der Waals surface area contributed by atoms with E-state index in [-0.39, 0.29) is 42.1 Å². The molecule has 9 nitrogen and oxygen atoms in total. The molecule has 0 aliphatic carbocycles.